The monoisotopic (exact) mass is 290 g/mol. The Morgan fingerprint density at radius 3 is 3.05 bits per heavy atom. The Morgan fingerprint density at radius 1 is 1.30 bits per heavy atom. The Hall–Kier alpha value is -2.22. The minimum absolute atomic E-state index is 0.643. The highest BCUT2D eigenvalue weighted by Gasteiger charge is 2.08. The number of nitrogens with one attached hydrogen (secondary N) is 2. The minimum Gasteiger partial charge on any atom is -0.369 e. The van der Waals surface area contributed by atoms with E-state index in [0.29, 0.717) is 24.7 Å². The van der Waals surface area contributed by atoms with Crippen molar-refractivity contribution in [3.63, 3.8) is 0 Å². The fraction of sp³-hybridized carbons (Fsp3) is 0.333. The molecule has 0 unspecified atom stereocenters. The third-order valence-corrected chi connectivity index (χ3v) is 3.51. The molecular weight excluding hydrogens is 276 g/mol. The fourth-order valence-corrected chi connectivity index (χ4v) is 2.59. The van der Waals surface area contributed by atoms with E-state index >= 15 is 0 Å². The van der Waals surface area contributed by atoms with Crippen LogP contribution in [0.5, 0.6) is 0 Å². The maximum Gasteiger partial charge on any atom is 0.226 e. The summed E-state index contributed by atoms with van der Waals surface area (Å²) in [7, 11) is 0. The summed E-state index contributed by atoms with van der Waals surface area (Å²) in [5, 5.41) is 13.3. The van der Waals surface area contributed by atoms with Crippen LogP contribution < -0.4 is 10.6 Å². The Kier molecular flexibility index (Phi) is 3.73. The SMILES string of the molecule is CCNc1nc(NCCc2ncon2)c2ccsc2n1. The molecule has 3 rings (SSSR count). The minimum atomic E-state index is 0.643. The highest BCUT2D eigenvalue weighted by atomic mass is 32.1. The van der Waals surface area contributed by atoms with Gasteiger partial charge in [0, 0.05) is 19.5 Å². The van der Waals surface area contributed by atoms with Gasteiger partial charge in [0.2, 0.25) is 12.3 Å². The van der Waals surface area contributed by atoms with Crippen molar-refractivity contribution in [2.24, 2.45) is 0 Å². The summed E-state index contributed by atoms with van der Waals surface area (Å²) in [6.07, 6.45) is 2.02. The lowest BCUT2D eigenvalue weighted by Gasteiger charge is -2.08. The molecule has 0 aromatic carbocycles. The van der Waals surface area contributed by atoms with E-state index in [2.05, 4.69) is 30.7 Å². The van der Waals surface area contributed by atoms with Gasteiger partial charge in [-0.15, -0.1) is 11.3 Å². The second kappa shape index (κ2) is 5.83. The van der Waals surface area contributed by atoms with Crippen molar-refractivity contribution >= 4 is 33.3 Å². The molecule has 2 N–H and O–H groups in total. The molecular formula is C12H14N6OS. The summed E-state index contributed by atoms with van der Waals surface area (Å²) in [5.41, 5.74) is 0. The molecule has 0 fully saturated rings. The number of hydrogen-bond acceptors (Lipinski definition) is 8. The van der Waals surface area contributed by atoms with E-state index in [9.17, 15) is 0 Å². The zero-order valence-corrected chi connectivity index (χ0v) is 11.8. The van der Waals surface area contributed by atoms with E-state index in [1.165, 1.54) is 6.39 Å². The predicted molar refractivity (Wildman–Crippen MR) is 78.1 cm³/mol. The van der Waals surface area contributed by atoms with E-state index in [1.807, 2.05) is 18.4 Å². The molecule has 0 aliphatic heterocycles. The number of thiophene rings is 1. The molecule has 20 heavy (non-hydrogen) atoms. The first-order valence-corrected chi connectivity index (χ1v) is 7.23. The summed E-state index contributed by atoms with van der Waals surface area (Å²) >= 11 is 1.60. The molecule has 0 atom stereocenters. The van der Waals surface area contributed by atoms with Gasteiger partial charge < -0.3 is 15.2 Å². The van der Waals surface area contributed by atoms with Crippen LogP contribution in [0, 0.1) is 0 Å². The van der Waals surface area contributed by atoms with E-state index < -0.39 is 0 Å². The number of nitrogens with zero attached hydrogens (tertiary/aromatic N) is 4. The van der Waals surface area contributed by atoms with Gasteiger partial charge in [0.05, 0.1) is 5.39 Å². The van der Waals surface area contributed by atoms with Crippen LogP contribution in [0.1, 0.15) is 12.7 Å². The smallest absolute Gasteiger partial charge is 0.226 e. The lowest BCUT2D eigenvalue weighted by molar-refractivity contribution is 0.410. The van der Waals surface area contributed by atoms with Crippen LogP contribution in [0.4, 0.5) is 11.8 Å². The van der Waals surface area contributed by atoms with E-state index in [1.54, 1.807) is 11.3 Å². The first-order chi connectivity index (χ1) is 9.86. The molecule has 3 aromatic heterocycles. The van der Waals surface area contributed by atoms with Crippen LogP contribution in [-0.2, 0) is 6.42 Å². The van der Waals surface area contributed by atoms with Gasteiger partial charge in [0.1, 0.15) is 10.6 Å². The summed E-state index contributed by atoms with van der Waals surface area (Å²) in [5.74, 6) is 2.15. The molecule has 0 radical (unpaired) electrons. The topological polar surface area (TPSA) is 88.8 Å². The molecule has 0 aliphatic carbocycles. The second-order valence-electron chi connectivity index (χ2n) is 4.09. The van der Waals surface area contributed by atoms with Gasteiger partial charge in [-0.3, -0.25) is 0 Å². The van der Waals surface area contributed by atoms with Crippen LogP contribution >= 0.6 is 11.3 Å². The Morgan fingerprint density at radius 2 is 2.25 bits per heavy atom. The van der Waals surface area contributed by atoms with Gasteiger partial charge in [-0.2, -0.15) is 9.97 Å². The summed E-state index contributed by atoms with van der Waals surface area (Å²) < 4.78 is 4.70. The summed E-state index contributed by atoms with van der Waals surface area (Å²) in [4.78, 5) is 13.9. The normalized spacial score (nSPS) is 10.8. The number of rotatable bonds is 6. The van der Waals surface area contributed by atoms with Crippen molar-refractivity contribution in [2.45, 2.75) is 13.3 Å². The van der Waals surface area contributed by atoms with Crippen molar-refractivity contribution in [1.82, 2.24) is 20.1 Å². The Labute approximate surface area is 119 Å². The van der Waals surface area contributed by atoms with Gasteiger partial charge in [0.15, 0.2) is 5.82 Å². The molecule has 0 aliphatic rings. The van der Waals surface area contributed by atoms with E-state index in [0.717, 1.165) is 22.6 Å². The first-order valence-electron chi connectivity index (χ1n) is 6.35. The van der Waals surface area contributed by atoms with Gasteiger partial charge in [-0.1, -0.05) is 5.16 Å². The largest absolute Gasteiger partial charge is 0.369 e. The third kappa shape index (κ3) is 2.69. The predicted octanol–water partition coefficient (Wildman–Crippen LogP) is 2.16. The summed E-state index contributed by atoms with van der Waals surface area (Å²) in [6, 6.07) is 2.02. The quantitative estimate of drug-likeness (QED) is 0.719. The van der Waals surface area contributed by atoms with Crippen molar-refractivity contribution in [2.75, 3.05) is 23.7 Å². The highest BCUT2D eigenvalue weighted by molar-refractivity contribution is 7.16. The molecule has 3 aromatic rings. The maximum absolute atomic E-state index is 4.70. The number of fused-ring (bicyclic) bond motifs is 1. The number of hydrogen-bond donors (Lipinski definition) is 2. The number of anilines is 2. The molecule has 0 bridgehead atoms. The van der Waals surface area contributed by atoms with E-state index in [4.69, 9.17) is 4.52 Å². The van der Waals surface area contributed by atoms with Crippen molar-refractivity contribution in [1.29, 1.82) is 0 Å². The van der Waals surface area contributed by atoms with Gasteiger partial charge in [-0.25, -0.2) is 4.98 Å². The fourth-order valence-electron chi connectivity index (χ4n) is 1.82. The maximum atomic E-state index is 4.70. The highest BCUT2D eigenvalue weighted by Crippen LogP contribution is 2.26. The summed E-state index contributed by atoms with van der Waals surface area (Å²) in [6.45, 7) is 3.50. The second-order valence-corrected chi connectivity index (χ2v) is 4.98. The van der Waals surface area contributed by atoms with Crippen molar-refractivity contribution in [3.8, 4) is 0 Å². The standard InChI is InChI=1S/C12H14N6OS/c1-2-13-12-16-10(8-4-6-20-11(8)17-12)14-5-3-9-15-7-19-18-9/h4,6-7H,2-3,5H2,1H3,(H2,13,14,16,17). The van der Waals surface area contributed by atoms with Crippen LogP contribution in [0.15, 0.2) is 22.4 Å². The van der Waals surface area contributed by atoms with Crippen LogP contribution in [0.2, 0.25) is 0 Å². The molecule has 0 saturated carbocycles. The molecule has 0 amide bonds. The Bertz CT molecular complexity index is 680. The molecule has 8 heteroatoms. The van der Waals surface area contributed by atoms with Crippen LogP contribution in [0.25, 0.3) is 10.2 Å². The van der Waals surface area contributed by atoms with Gasteiger partial charge in [0.25, 0.3) is 0 Å². The molecule has 104 valence electrons. The molecule has 0 saturated heterocycles. The Balaban J connectivity index is 1.76. The molecule has 0 spiro atoms. The van der Waals surface area contributed by atoms with Gasteiger partial charge in [-0.05, 0) is 18.4 Å². The lowest BCUT2D eigenvalue weighted by atomic mass is 10.3. The first kappa shape index (κ1) is 12.8. The zero-order valence-electron chi connectivity index (χ0n) is 11.0. The van der Waals surface area contributed by atoms with Gasteiger partial charge >= 0.3 is 0 Å². The lowest BCUT2D eigenvalue weighted by Crippen LogP contribution is -2.10. The zero-order chi connectivity index (χ0) is 13.8. The van der Waals surface area contributed by atoms with Crippen LogP contribution in [-0.4, -0.2) is 33.2 Å². The van der Waals surface area contributed by atoms with E-state index in [-0.39, 0.29) is 0 Å². The third-order valence-electron chi connectivity index (χ3n) is 2.71. The van der Waals surface area contributed by atoms with Crippen LogP contribution in [0.3, 0.4) is 0 Å². The molecule has 7 nitrogen and oxygen atoms in total. The molecule has 3 heterocycles. The van der Waals surface area contributed by atoms with Crippen molar-refractivity contribution < 1.29 is 4.52 Å². The average molecular weight is 290 g/mol. The van der Waals surface area contributed by atoms with Crippen molar-refractivity contribution in [3.05, 3.63) is 23.7 Å². The number of aromatic nitrogens is 4. The average Bonchev–Trinajstić information content (AvgIpc) is 3.09.